The highest BCUT2D eigenvalue weighted by molar-refractivity contribution is 5.57. The average Bonchev–Trinajstić information content (AvgIpc) is 2.43. The first-order valence-corrected chi connectivity index (χ1v) is 8.06. The second-order valence-electron chi connectivity index (χ2n) is 6.81. The molecule has 0 atom stereocenters. The molecule has 2 N–H and O–H groups in total. The Kier molecular flexibility index (Phi) is 5.04. The molecule has 0 bridgehead atoms. The summed E-state index contributed by atoms with van der Waals surface area (Å²) in [7, 11) is 0. The highest BCUT2D eigenvalue weighted by atomic mass is 15.5. The third-order valence-electron chi connectivity index (χ3n) is 3.78. The van der Waals surface area contributed by atoms with E-state index >= 15 is 0 Å². The van der Waals surface area contributed by atoms with Crippen LogP contribution >= 0.6 is 0 Å². The van der Waals surface area contributed by atoms with Crippen LogP contribution in [-0.2, 0) is 5.41 Å². The second kappa shape index (κ2) is 6.60. The Morgan fingerprint density at radius 2 is 1.67 bits per heavy atom. The van der Waals surface area contributed by atoms with Crippen LogP contribution in [-0.4, -0.2) is 34.6 Å². The van der Waals surface area contributed by atoms with Crippen LogP contribution in [0, 0.1) is 6.92 Å². The van der Waals surface area contributed by atoms with Gasteiger partial charge in [-0.15, -0.1) is 0 Å². The molecular formula is C16H29N5. The number of hydrogen-bond acceptors (Lipinski definition) is 5. The molecule has 1 fully saturated rings. The summed E-state index contributed by atoms with van der Waals surface area (Å²) in [6.07, 6.45) is 3.84. The van der Waals surface area contributed by atoms with Crippen molar-refractivity contribution in [1.29, 1.82) is 0 Å². The molecule has 1 aliphatic rings. The first kappa shape index (κ1) is 16.0. The van der Waals surface area contributed by atoms with E-state index in [9.17, 15) is 0 Å². The van der Waals surface area contributed by atoms with Crippen LogP contribution in [0.1, 0.15) is 58.3 Å². The van der Waals surface area contributed by atoms with Crippen molar-refractivity contribution in [3.8, 4) is 0 Å². The van der Waals surface area contributed by atoms with Crippen LogP contribution in [0.3, 0.4) is 0 Å². The molecule has 1 aromatic heterocycles. The van der Waals surface area contributed by atoms with E-state index in [4.69, 9.17) is 9.97 Å². The van der Waals surface area contributed by atoms with Crippen molar-refractivity contribution in [2.75, 3.05) is 30.4 Å². The third kappa shape index (κ3) is 4.06. The molecule has 0 saturated carbocycles. The quantitative estimate of drug-likeness (QED) is 0.891. The van der Waals surface area contributed by atoms with Crippen LogP contribution in [0.25, 0.3) is 0 Å². The molecule has 0 amide bonds. The summed E-state index contributed by atoms with van der Waals surface area (Å²) in [5.41, 5.74) is 4.54. The maximum absolute atomic E-state index is 4.78. The Morgan fingerprint density at radius 1 is 1.05 bits per heavy atom. The molecule has 118 valence electrons. The number of hydrazine groups is 1. The number of aromatic nitrogens is 2. The highest BCUT2D eigenvalue weighted by Crippen LogP contribution is 2.27. The topological polar surface area (TPSA) is 53.1 Å². The van der Waals surface area contributed by atoms with E-state index in [0.29, 0.717) is 0 Å². The molecule has 0 aliphatic carbocycles. The monoisotopic (exact) mass is 291 g/mol. The molecule has 21 heavy (non-hydrogen) atoms. The van der Waals surface area contributed by atoms with Gasteiger partial charge in [0.25, 0.3) is 0 Å². The molecule has 1 aromatic rings. The summed E-state index contributed by atoms with van der Waals surface area (Å²) in [5, 5.41) is 5.64. The maximum atomic E-state index is 4.78. The van der Waals surface area contributed by atoms with Crippen molar-refractivity contribution < 1.29 is 0 Å². The van der Waals surface area contributed by atoms with Gasteiger partial charge in [0, 0.05) is 30.6 Å². The van der Waals surface area contributed by atoms with Gasteiger partial charge in [-0.3, -0.25) is 0 Å². The fourth-order valence-electron chi connectivity index (χ4n) is 2.46. The summed E-state index contributed by atoms with van der Waals surface area (Å²) in [6, 6.07) is 0. The van der Waals surface area contributed by atoms with Gasteiger partial charge in [0.1, 0.15) is 17.5 Å². The van der Waals surface area contributed by atoms with Crippen molar-refractivity contribution in [3.63, 3.8) is 0 Å². The summed E-state index contributed by atoms with van der Waals surface area (Å²) in [4.78, 5) is 9.48. The number of hydrogen-bond donors (Lipinski definition) is 2. The van der Waals surface area contributed by atoms with Crippen molar-refractivity contribution in [1.82, 2.24) is 15.0 Å². The zero-order valence-corrected chi connectivity index (χ0v) is 14.1. The van der Waals surface area contributed by atoms with Crippen molar-refractivity contribution in [2.45, 2.75) is 59.3 Å². The van der Waals surface area contributed by atoms with Crippen LogP contribution in [0.2, 0.25) is 0 Å². The van der Waals surface area contributed by atoms with E-state index in [2.05, 4.69) is 50.4 Å². The van der Waals surface area contributed by atoms with Crippen molar-refractivity contribution in [2.24, 2.45) is 0 Å². The van der Waals surface area contributed by atoms with Gasteiger partial charge in [-0.05, 0) is 26.7 Å². The maximum Gasteiger partial charge on any atom is 0.149 e. The van der Waals surface area contributed by atoms with Gasteiger partial charge in [0.15, 0.2) is 0 Å². The first-order chi connectivity index (χ1) is 9.91. The van der Waals surface area contributed by atoms with E-state index in [1.165, 1.54) is 19.3 Å². The molecule has 0 spiro atoms. The molecule has 0 unspecified atom stereocenters. The van der Waals surface area contributed by atoms with Crippen molar-refractivity contribution in [3.05, 3.63) is 11.4 Å². The van der Waals surface area contributed by atoms with Crippen LogP contribution < -0.4 is 10.7 Å². The van der Waals surface area contributed by atoms with Crippen LogP contribution in [0.4, 0.5) is 11.6 Å². The Balaban J connectivity index is 2.30. The lowest BCUT2D eigenvalue weighted by Crippen LogP contribution is -2.36. The predicted octanol–water partition coefficient (Wildman–Crippen LogP) is 3.33. The van der Waals surface area contributed by atoms with Gasteiger partial charge in [-0.25, -0.2) is 15.0 Å². The molecule has 0 aromatic carbocycles. The minimum atomic E-state index is -0.0593. The molecule has 2 heterocycles. The number of piperidine rings is 1. The highest BCUT2D eigenvalue weighted by Gasteiger charge is 2.22. The first-order valence-electron chi connectivity index (χ1n) is 8.06. The standard InChI is InChI=1S/C16H29N5/c1-6-17-13-12(2)14(19-15(18-13)16(3,4)5)20-21-10-8-7-9-11-21/h6-11H2,1-5H3,(H2,17,18,19,20). The molecule has 1 saturated heterocycles. The van der Waals surface area contributed by atoms with Crippen LogP contribution in [0.15, 0.2) is 0 Å². The van der Waals surface area contributed by atoms with E-state index < -0.39 is 0 Å². The molecular weight excluding hydrogens is 262 g/mol. The Hall–Kier alpha value is -1.36. The molecule has 5 heteroatoms. The molecule has 1 aliphatic heterocycles. The summed E-state index contributed by atoms with van der Waals surface area (Å²) >= 11 is 0. The Morgan fingerprint density at radius 3 is 2.24 bits per heavy atom. The summed E-state index contributed by atoms with van der Waals surface area (Å²) in [5.74, 6) is 2.76. The lowest BCUT2D eigenvalue weighted by Gasteiger charge is -2.29. The SMILES string of the molecule is CCNc1nc(C(C)(C)C)nc(NN2CCCCC2)c1C. The molecule has 2 rings (SSSR count). The summed E-state index contributed by atoms with van der Waals surface area (Å²) in [6.45, 7) is 13.7. The minimum Gasteiger partial charge on any atom is -0.370 e. The van der Waals surface area contributed by atoms with Crippen LogP contribution in [0.5, 0.6) is 0 Å². The lowest BCUT2D eigenvalue weighted by molar-refractivity contribution is 0.271. The smallest absolute Gasteiger partial charge is 0.149 e. The van der Waals surface area contributed by atoms with Gasteiger partial charge in [-0.1, -0.05) is 27.2 Å². The number of nitrogens with one attached hydrogen (secondary N) is 2. The van der Waals surface area contributed by atoms with E-state index in [1.54, 1.807) is 0 Å². The van der Waals surface area contributed by atoms with Gasteiger partial charge in [0.05, 0.1) is 0 Å². The fraction of sp³-hybridized carbons (Fsp3) is 0.750. The number of anilines is 2. The zero-order valence-electron chi connectivity index (χ0n) is 14.1. The van der Waals surface area contributed by atoms with Gasteiger partial charge >= 0.3 is 0 Å². The average molecular weight is 291 g/mol. The predicted molar refractivity (Wildman–Crippen MR) is 88.7 cm³/mol. The lowest BCUT2D eigenvalue weighted by atomic mass is 9.95. The largest absolute Gasteiger partial charge is 0.370 e. The van der Waals surface area contributed by atoms with E-state index in [0.717, 1.165) is 42.7 Å². The van der Waals surface area contributed by atoms with Gasteiger partial charge < -0.3 is 10.7 Å². The number of nitrogens with zero attached hydrogens (tertiary/aromatic N) is 3. The Bertz CT molecular complexity index is 472. The number of rotatable bonds is 4. The summed E-state index contributed by atoms with van der Waals surface area (Å²) < 4.78 is 0. The van der Waals surface area contributed by atoms with Gasteiger partial charge in [-0.2, -0.15) is 0 Å². The third-order valence-corrected chi connectivity index (χ3v) is 3.78. The van der Waals surface area contributed by atoms with Gasteiger partial charge in [0.2, 0.25) is 0 Å². The molecule has 5 nitrogen and oxygen atoms in total. The second-order valence-corrected chi connectivity index (χ2v) is 6.81. The van der Waals surface area contributed by atoms with Crippen molar-refractivity contribution >= 4 is 11.6 Å². The minimum absolute atomic E-state index is 0.0593. The van der Waals surface area contributed by atoms with E-state index in [-0.39, 0.29) is 5.41 Å². The normalized spacial score (nSPS) is 16.8. The Labute approximate surface area is 128 Å². The van der Waals surface area contributed by atoms with E-state index in [1.807, 2.05) is 0 Å². The zero-order chi connectivity index (χ0) is 15.5. The fourth-order valence-corrected chi connectivity index (χ4v) is 2.46. The molecule has 0 radical (unpaired) electrons.